The molecule has 0 aliphatic heterocycles. The summed E-state index contributed by atoms with van der Waals surface area (Å²) in [7, 11) is 0. The van der Waals surface area contributed by atoms with Crippen molar-refractivity contribution in [1.82, 2.24) is 0 Å². The Kier molecular flexibility index (Phi) is 12.8. The second kappa shape index (κ2) is 14.9. The van der Waals surface area contributed by atoms with Crippen molar-refractivity contribution in [3.05, 3.63) is 35.4 Å². The summed E-state index contributed by atoms with van der Waals surface area (Å²) in [6.07, 6.45) is 19.3. The van der Waals surface area contributed by atoms with Crippen molar-refractivity contribution in [3.63, 3.8) is 0 Å². The van der Waals surface area contributed by atoms with E-state index in [1.165, 1.54) is 70.6 Å². The number of unbranched alkanes of at least 4 members (excludes halogenated alkanes) is 12. The third kappa shape index (κ3) is 10.2. The standard InChI is InChI=1S/C23H35O2/c1-2-3-4-5-6-7-8-9-10-11-12-13-14-19-23(25)22-18-16-15-17-21(22)20-24/h15-18H,2-14,19H2,1H3. The van der Waals surface area contributed by atoms with Crippen LogP contribution in [-0.4, -0.2) is 12.1 Å². The van der Waals surface area contributed by atoms with Gasteiger partial charge in [0, 0.05) is 17.5 Å². The second-order valence-electron chi connectivity index (χ2n) is 7.06. The highest BCUT2D eigenvalue weighted by Crippen LogP contribution is 2.15. The fraction of sp³-hybridized carbons (Fsp3) is 0.652. The number of hydrogen-bond donors (Lipinski definition) is 0. The van der Waals surface area contributed by atoms with E-state index in [-0.39, 0.29) is 5.78 Å². The number of benzene rings is 1. The summed E-state index contributed by atoms with van der Waals surface area (Å²) in [5, 5.41) is 0. The molecule has 1 aromatic rings. The van der Waals surface area contributed by atoms with Gasteiger partial charge in [-0.3, -0.25) is 9.59 Å². The highest BCUT2D eigenvalue weighted by atomic mass is 16.1. The number of ketones is 1. The topological polar surface area (TPSA) is 34.1 Å². The molecule has 0 spiro atoms. The van der Waals surface area contributed by atoms with Gasteiger partial charge in [-0.05, 0) is 6.42 Å². The summed E-state index contributed by atoms with van der Waals surface area (Å²) >= 11 is 0. The molecule has 0 saturated carbocycles. The van der Waals surface area contributed by atoms with Gasteiger partial charge in [-0.1, -0.05) is 108 Å². The highest BCUT2D eigenvalue weighted by molar-refractivity contribution is 6.02. The minimum atomic E-state index is 0.0713. The van der Waals surface area contributed by atoms with Crippen LogP contribution in [0.25, 0.3) is 0 Å². The van der Waals surface area contributed by atoms with E-state index in [2.05, 4.69) is 6.92 Å². The first-order valence-corrected chi connectivity index (χ1v) is 10.3. The van der Waals surface area contributed by atoms with E-state index in [1.54, 1.807) is 24.3 Å². The van der Waals surface area contributed by atoms with Crippen LogP contribution in [-0.2, 0) is 4.79 Å². The second-order valence-corrected chi connectivity index (χ2v) is 7.06. The minimum absolute atomic E-state index is 0.0713. The molecule has 139 valence electrons. The lowest BCUT2D eigenvalue weighted by Crippen LogP contribution is -2.03. The fourth-order valence-corrected chi connectivity index (χ4v) is 3.25. The van der Waals surface area contributed by atoms with Crippen LogP contribution in [0.15, 0.2) is 24.3 Å². The molecule has 0 unspecified atom stereocenters. The quantitative estimate of drug-likeness (QED) is 0.244. The Morgan fingerprint density at radius 2 is 1.24 bits per heavy atom. The van der Waals surface area contributed by atoms with Gasteiger partial charge >= 0.3 is 0 Å². The Labute approximate surface area is 154 Å². The first-order valence-electron chi connectivity index (χ1n) is 10.3. The number of hydrogen-bond acceptors (Lipinski definition) is 2. The van der Waals surface area contributed by atoms with Gasteiger partial charge in [0.1, 0.15) is 0 Å². The van der Waals surface area contributed by atoms with Crippen LogP contribution >= 0.6 is 0 Å². The Morgan fingerprint density at radius 3 is 1.76 bits per heavy atom. The molecule has 0 saturated heterocycles. The molecule has 1 rings (SSSR count). The predicted octanol–water partition coefficient (Wildman–Crippen LogP) is 6.81. The van der Waals surface area contributed by atoms with Gasteiger partial charge in [0.05, 0.1) is 0 Å². The lowest BCUT2D eigenvalue weighted by Gasteiger charge is -2.04. The third-order valence-electron chi connectivity index (χ3n) is 4.84. The molecule has 0 bridgehead atoms. The van der Waals surface area contributed by atoms with Crippen molar-refractivity contribution in [2.24, 2.45) is 0 Å². The van der Waals surface area contributed by atoms with E-state index in [9.17, 15) is 9.59 Å². The Balaban J connectivity index is 1.95. The molecule has 0 heterocycles. The molecular formula is C23H35O2. The van der Waals surface area contributed by atoms with Gasteiger partial charge < -0.3 is 0 Å². The average molecular weight is 344 g/mol. The van der Waals surface area contributed by atoms with E-state index >= 15 is 0 Å². The molecule has 2 heteroatoms. The molecule has 0 amide bonds. The van der Waals surface area contributed by atoms with Crippen molar-refractivity contribution < 1.29 is 9.59 Å². The summed E-state index contributed by atoms with van der Waals surface area (Å²) in [5.41, 5.74) is 0.915. The summed E-state index contributed by atoms with van der Waals surface area (Å²) < 4.78 is 0. The maximum Gasteiger partial charge on any atom is 0.234 e. The zero-order valence-corrected chi connectivity index (χ0v) is 16.0. The summed E-state index contributed by atoms with van der Waals surface area (Å²) in [6.45, 7) is 2.26. The number of carbonyl (C=O) groups is 1. The van der Waals surface area contributed by atoms with Crippen molar-refractivity contribution in [2.45, 2.75) is 96.8 Å². The largest absolute Gasteiger partial charge is 0.294 e. The van der Waals surface area contributed by atoms with Gasteiger partial charge in [0.2, 0.25) is 6.29 Å². The van der Waals surface area contributed by atoms with Crippen molar-refractivity contribution in [1.29, 1.82) is 0 Å². The predicted molar refractivity (Wildman–Crippen MR) is 106 cm³/mol. The van der Waals surface area contributed by atoms with Crippen molar-refractivity contribution in [3.8, 4) is 0 Å². The SMILES string of the molecule is CCCCCCCCCCCCCCCC(=O)c1ccccc1[C]=O. The fourth-order valence-electron chi connectivity index (χ4n) is 3.25. The van der Waals surface area contributed by atoms with Gasteiger partial charge in [-0.2, -0.15) is 0 Å². The van der Waals surface area contributed by atoms with Gasteiger partial charge in [-0.15, -0.1) is 0 Å². The van der Waals surface area contributed by atoms with Gasteiger partial charge in [0.15, 0.2) is 5.78 Å². The molecule has 0 atom stereocenters. The van der Waals surface area contributed by atoms with Gasteiger partial charge in [-0.25, -0.2) is 0 Å². The highest BCUT2D eigenvalue weighted by Gasteiger charge is 2.10. The van der Waals surface area contributed by atoms with Gasteiger partial charge in [0.25, 0.3) is 0 Å². The maximum atomic E-state index is 12.1. The molecule has 25 heavy (non-hydrogen) atoms. The Bertz CT molecular complexity index is 479. The molecule has 1 aromatic carbocycles. The molecule has 0 fully saturated rings. The first-order chi connectivity index (χ1) is 12.3. The zero-order valence-electron chi connectivity index (χ0n) is 16.0. The average Bonchev–Trinajstić information content (AvgIpc) is 2.65. The minimum Gasteiger partial charge on any atom is -0.294 e. The van der Waals surface area contributed by atoms with Crippen molar-refractivity contribution >= 4 is 12.1 Å². The first kappa shape index (κ1) is 21.6. The lowest BCUT2D eigenvalue weighted by molar-refractivity contribution is 0.0979. The molecule has 0 N–H and O–H groups in total. The van der Waals surface area contributed by atoms with E-state index in [4.69, 9.17) is 0 Å². The van der Waals surface area contributed by atoms with Crippen LogP contribution in [0.3, 0.4) is 0 Å². The van der Waals surface area contributed by atoms with Crippen LogP contribution in [0, 0.1) is 0 Å². The van der Waals surface area contributed by atoms with E-state index in [1.807, 2.05) is 6.29 Å². The van der Waals surface area contributed by atoms with E-state index < -0.39 is 0 Å². The maximum absolute atomic E-state index is 12.1. The number of Topliss-reactive ketones (excluding diaryl/α,β-unsaturated/α-hetero) is 1. The monoisotopic (exact) mass is 343 g/mol. The zero-order chi connectivity index (χ0) is 18.2. The Morgan fingerprint density at radius 1 is 0.760 bits per heavy atom. The molecular weight excluding hydrogens is 308 g/mol. The molecule has 2 nitrogen and oxygen atoms in total. The van der Waals surface area contributed by atoms with Crippen LogP contribution in [0.1, 0.15) is 113 Å². The molecule has 0 aliphatic rings. The summed E-state index contributed by atoms with van der Waals surface area (Å²) in [6, 6.07) is 6.95. The molecule has 0 aromatic heterocycles. The molecule has 0 aliphatic carbocycles. The van der Waals surface area contributed by atoms with E-state index in [0.717, 1.165) is 12.8 Å². The lowest BCUT2D eigenvalue weighted by atomic mass is 9.99. The Hall–Kier alpha value is -1.44. The normalized spacial score (nSPS) is 10.8. The van der Waals surface area contributed by atoms with Crippen LogP contribution in [0.5, 0.6) is 0 Å². The summed E-state index contributed by atoms with van der Waals surface area (Å²) in [4.78, 5) is 23.0. The van der Waals surface area contributed by atoms with Crippen molar-refractivity contribution in [2.75, 3.05) is 0 Å². The van der Waals surface area contributed by atoms with E-state index in [0.29, 0.717) is 17.5 Å². The number of carbonyl (C=O) groups excluding carboxylic acids is 2. The molecule has 1 radical (unpaired) electrons. The number of rotatable bonds is 16. The van der Waals surface area contributed by atoms with Crippen LogP contribution < -0.4 is 0 Å². The van der Waals surface area contributed by atoms with Crippen LogP contribution in [0.2, 0.25) is 0 Å². The van der Waals surface area contributed by atoms with Crippen LogP contribution in [0.4, 0.5) is 0 Å². The smallest absolute Gasteiger partial charge is 0.234 e. The third-order valence-corrected chi connectivity index (χ3v) is 4.84. The summed E-state index contributed by atoms with van der Waals surface area (Å²) in [5.74, 6) is 0.0713.